The molecule has 0 saturated carbocycles. The van der Waals surface area contributed by atoms with Crippen molar-refractivity contribution in [2.24, 2.45) is 5.92 Å². The number of nitrogens with zero attached hydrogens (tertiary/aromatic N) is 2. The van der Waals surface area contributed by atoms with Crippen LogP contribution in [0.25, 0.3) is 10.8 Å². The van der Waals surface area contributed by atoms with Crippen molar-refractivity contribution in [2.45, 2.75) is 27.2 Å². The Hall–Kier alpha value is -1.69. The van der Waals surface area contributed by atoms with Crippen LogP contribution >= 0.6 is 11.3 Å². The van der Waals surface area contributed by atoms with Crippen LogP contribution < -0.4 is 0 Å². The van der Waals surface area contributed by atoms with E-state index in [1.165, 1.54) is 11.3 Å². The van der Waals surface area contributed by atoms with Crippen molar-refractivity contribution in [1.82, 2.24) is 15.0 Å². The number of aromatic nitrogens is 3. The molecular formula is C13H17N3O2S. The van der Waals surface area contributed by atoms with Crippen LogP contribution in [0.15, 0.2) is 11.6 Å². The van der Waals surface area contributed by atoms with E-state index < -0.39 is 0 Å². The lowest BCUT2D eigenvalue weighted by atomic mass is 10.1. The van der Waals surface area contributed by atoms with Crippen molar-refractivity contribution in [2.75, 3.05) is 6.61 Å². The van der Waals surface area contributed by atoms with Gasteiger partial charge >= 0.3 is 5.97 Å². The van der Waals surface area contributed by atoms with Gasteiger partial charge < -0.3 is 9.72 Å². The third-order valence-corrected chi connectivity index (χ3v) is 3.27. The summed E-state index contributed by atoms with van der Waals surface area (Å²) < 4.78 is 5.04. The van der Waals surface area contributed by atoms with Gasteiger partial charge in [-0.05, 0) is 19.3 Å². The fraction of sp³-hybridized carbons (Fsp3) is 0.462. The SMILES string of the molecule is CCOC(=O)c1nc(-c2nccs2)[nH]c1CC(C)C. The molecular weight excluding hydrogens is 262 g/mol. The molecule has 0 atom stereocenters. The van der Waals surface area contributed by atoms with Crippen LogP contribution in [0.5, 0.6) is 0 Å². The van der Waals surface area contributed by atoms with Crippen molar-refractivity contribution >= 4 is 17.3 Å². The van der Waals surface area contributed by atoms with E-state index in [0.717, 1.165) is 17.1 Å². The second-order valence-corrected chi connectivity index (χ2v) is 5.46. The molecule has 2 rings (SSSR count). The van der Waals surface area contributed by atoms with E-state index in [2.05, 4.69) is 28.8 Å². The van der Waals surface area contributed by atoms with E-state index in [-0.39, 0.29) is 5.97 Å². The van der Waals surface area contributed by atoms with Gasteiger partial charge in [-0.1, -0.05) is 13.8 Å². The van der Waals surface area contributed by atoms with Crippen LogP contribution in [0.2, 0.25) is 0 Å². The van der Waals surface area contributed by atoms with Gasteiger partial charge in [-0.15, -0.1) is 11.3 Å². The lowest BCUT2D eigenvalue weighted by Crippen LogP contribution is -2.09. The lowest BCUT2D eigenvalue weighted by molar-refractivity contribution is 0.0518. The molecule has 0 aliphatic carbocycles. The van der Waals surface area contributed by atoms with E-state index in [1.807, 2.05) is 5.38 Å². The molecule has 0 radical (unpaired) electrons. The van der Waals surface area contributed by atoms with Crippen molar-refractivity contribution in [3.63, 3.8) is 0 Å². The summed E-state index contributed by atoms with van der Waals surface area (Å²) in [5.41, 5.74) is 1.19. The molecule has 0 aromatic carbocycles. The first-order valence-corrected chi connectivity index (χ1v) is 7.15. The average molecular weight is 279 g/mol. The predicted octanol–water partition coefficient (Wildman–Crippen LogP) is 2.91. The van der Waals surface area contributed by atoms with E-state index in [1.54, 1.807) is 13.1 Å². The smallest absolute Gasteiger partial charge is 0.358 e. The highest BCUT2D eigenvalue weighted by Gasteiger charge is 2.20. The predicted molar refractivity (Wildman–Crippen MR) is 74.2 cm³/mol. The Morgan fingerprint density at radius 3 is 2.89 bits per heavy atom. The quantitative estimate of drug-likeness (QED) is 0.854. The number of ether oxygens (including phenoxy) is 1. The number of rotatable bonds is 5. The fourth-order valence-corrected chi connectivity index (χ4v) is 2.36. The minimum atomic E-state index is -0.378. The highest BCUT2D eigenvalue weighted by Crippen LogP contribution is 2.22. The number of carbonyl (C=O) groups excluding carboxylic acids is 1. The van der Waals surface area contributed by atoms with Gasteiger partial charge in [0, 0.05) is 11.6 Å². The molecule has 0 aliphatic heterocycles. The molecule has 0 bridgehead atoms. The number of hydrogen-bond acceptors (Lipinski definition) is 5. The number of aromatic amines is 1. The maximum Gasteiger partial charge on any atom is 0.358 e. The largest absolute Gasteiger partial charge is 0.461 e. The zero-order chi connectivity index (χ0) is 13.8. The third kappa shape index (κ3) is 3.20. The first-order chi connectivity index (χ1) is 9.11. The summed E-state index contributed by atoms with van der Waals surface area (Å²) in [6.45, 7) is 6.32. The molecule has 6 heteroatoms. The van der Waals surface area contributed by atoms with E-state index >= 15 is 0 Å². The van der Waals surface area contributed by atoms with Crippen LogP contribution in [0.3, 0.4) is 0 Å². The molecule has 102 valence electrons. The van der Waals surface area contributed by atoms with Crippen LogP contribution in [0.4, 0.5) is 0 Å². The van der Waals surface area contributed by atoms with E-state index in [9.17, 15) is 4.79 Å². The first-order valence-electron chi connectivity index (χ1n) is 6.27. The molecule has 0 fully saturated rings. The standard InChI is InChI=1S/C13H17N3O2S/c1-4-18-13(17)10-9(7-8(2)3)15-11(16-10)12-14-5-6-19-12/h5-6,8H,4,7H2,1-3H3,(H,15,16). The van der Waals surface area contributed by atoms with Crippen LogP contribution in [-0.4, -0.2) is 27.5 Å². The van der Waals surface area contributed by atoms with Gasteiger partial charge in [0.25, 0.3) is 0 Å². The molecule has 19 heavy (non-hydrogen) atoms. The normalized spacial score (nSPS) is 10.9. The fourth-order valence-electron chi connectivity index (χ4n) is 1.78. The van der Waals surface area contributed by atoms with Gasteiger partial charge in [-0.3, -0.25) is 0 Å². The minimum Gasteiger partial charge on any atom is -0.461 e. The minimum absolute atomic E-state index is 0.347. The van der Waals surface area contributed by atoms with Gasteiger partial charge in [0.05, 0.1) is 12.3 Å². The summed E-state index contributed by atoms with van der Waals surface area (Å²) in [6, 6.07) is 0. The summed E-state index contributed by atoms with van der Waals surface area (Å²) in [6.07, 6.45) is 2.47. The summed E-state index contributed by atoms with van der Waals surface area (Å²) >= 11 is 1.49. The third-order valence-electron chi connectivity index (χ3n) is 2.49. The second kappa shape index (κ2) is 5.97. The maximum atomic E-state index is 11.9. The van der Waals surface area contributed by atoms with Gasteiger partial charge in [0.15, 0.2) is 16.5 Å². The second-order valence-electron chi connectivity index (χ2n) is 4.57. The Morgan fingerprint density at radius 2 is 2.32 bits per heavy atom. The summed E-state index contributed by atoms with van der Waals surface area (Å²) in [5, 5.41) is 2.66. The summed E-state index contributed by atoms with van der Waals surface area (Å²) in [4.78, 5) is 23.6. The van der Waals surface area contributed by atoms with Gasteiger partial charge in [0.1, 0.15) is 0 Å². The lowest BCUT2D eigenvalue weighted by Gasteiger charge is -2.04. The van der Waals surface area contributed by atoms with Crippen LogP contribution in [0.1, 0.15) is 37.0 Å². The Morgan fingerprint density at radius 1 is 1.53 bits per heavy atom. The highest BCUT2D eigenvalue weighted by molar-refractivity contribution is 7.13. The molecule has 5 nitrogen and oxygen atoms in total. The van der Waals surface area contributed by atoms with Crippen LogP contribution in [0, 0.1) is 5.92 Å². The first kappa shape index (κ1) is 13.7. The molecule has 0 saturated heterocycles. The van der Waals surface area contributed by atoms with Crippen LogP contribution in [-0.2, 0) is 11.2 Å². The molecule has 2 aromatic rings. The number of H-pyrrole nitrogens is 1. The van der Waals surface area contributed by atoms with Gasteiger partial charge in [-0.2, -0.15) is 0 Å². The van der Waals surface area contributed by atoms with E-state index in [4.69, 9.17) is 4.74 Å². The number of thiazole rings is 1. The van der Waals surface area contributed by atoms with E-state index in [0.29, 0.717) is 24.0 Å². The van der Waals surface area contributed by atoms with Gasteiger partial charge in [0.2, 0.25) is 0 Å². The molecule has 0 unspecified atom stereocenters. The molecule has 2 heterocycles. The van der Waals surface area contributed by atoms with Gasteiger partial charge in [-0.25, -0.2) is 14.8 Å². The zero-order valence-corrected chi connectivity index (χ0v) is 12.1. The maximum absolute atomic E-state index is 11.9. The highest BCUT2D eigenvalue weighted by atomic mass is 32.1. The Kier molecular flexibility index (Phi) is 4.31. The molecule has 0 amide bonds. The molecule has 2 aromatic heterocycles. The number of nitrogens with one attached hydrogen (secondary N) is 1. The Bertz CT molecular complexity index is 546. The molecule has 1 N–H and O–H groups in total. The monoisotopic (exact) mass is 279 g/mol. The number of carbonyl (C=O) groups is 1. The van der Waals surface area contributed by atoms with Crippen molar-refractivity contribution in [3.05, 3.63) is 23.0 Å². The molecule has 0 aliphatic rings. The Labute approximate surface area is 116 Å². The van der Waals surface area contributed by atoms with Crippen molar-refractivity contribution in [1.29, 1.82) is 0 Å². The average Bonchev–Trinajstić information content (AvgIpc) is 2.96. The summed E-state index contributed by atoms with van der Waals surface area (Å²) in [7, 11) is 0. The van der Waals surface area contributed by atoms with Crippen molar-refractivity contribution in [3.8, 4) is 10.8 Å². The Balaban J connectivity index is 2.36. The molecule has 0 spiro atoms. The number of hydrogen-bond donors (Lipinski definition) is 1. The topological polar surface area (TPSA) is 67.9 Å². The van der Waals surface area contributed by atoms with Crippen molar-refractivity contribution < 1.29 is 9.53 Å². The zero-order valence-electron chi connectivity index (χ0n) is 11.3. The summed E-state index contributed by atoms with van der Waals surface area (Å²) in [5.74, 6) is 0.684. The number of esters is 1. The number of imidazole rings is 1.